The minimum Gasteiger partial charge on any atom is -0.377 e. The number of hydrogen-bond acceptors (Lipinski definition) is 2. The second kappa shape index (κ2) is 6.35. The Morgan fingerprint density at radius 2 is 1.54 bits per heavy atom. The molecule has 3 aromatic carbocycles. The summed E-state index contributed by atoms with van der Waals surface area (Å²) in [6.45, 7) is 2.06. The van der Waals surface area contributed by atoms with Crippen molar-refractivity contribution in [2.45, 2.75) is 25.3 Å². The van der Waals surface area contributed by atoms with Crippen LogP contribution < -0.4 is 5.32 Å². The number of carbonyl (C=O) groups is 1. The SMILES string of the molecule is Cc1ccc(-c2ccc(Cl)cc2)cc1C1=CNC2(Cc3ccccc3C2)C1=O. The van der Waals surface area contributed by atoms with Gasteiger partial charge in [-0.25, -0.2) is 0 Å². The zero-order valence-corrected chi connectivity index (χ0v) is 16.4. The van der Waals surface area contributed by atoms with Crippen molar-refractivity contribution < 1.29 is 4.79 Å². The second-order valence-electron chi connectivity index (χ2n) is 7.77. The molecule has 1 spiro atoms. The molecule has 0 unspecified atom stereocenters. The van der Waals surface area contributed by atoms with E-state index in [1.54, 1.807) is 0 Å². The van der Waals surface area contributed by atoms with Gasteiger partial charge in [-0.2, -0.15) is 0 Å². The minimum absolute atomic E-state index is 0.194. The highest BCUT2D eigenvalue weighted by Crippen LogP contribution is 2.39. The van der Waals surface area contributed by atoms with Crippen molar-refractivity contribution in [2.75, 3.05) is 0 Å². The van der Waals surface area contributed by atoms with Gasteiger partial charge in [-0.1, -0.05) is 60.1 Å². The van der Waals surface area contributed by atoms with Crippen molar-refractivity contribution in [1.29, 1.82) is 0 Å². The van der Waals surface area contributed by atoms with Gasteiger partial charge in [0.15, 0.2) is 5.78 Å². The third kappa shape index (κ3) is 2.68. The minimum atomic E-state index is -0.526. The first-order chi connectivity index (χ1) is 13.6. The van der Waals surface area contributed by atoms with E-state index in [-0.39, 0.29) is 5.78 Å². The van der Waals surface area contributed by atoms with E-state index in [1.165, 1.54) is 11.1 Å². The first kappa shape index (κ1) is 17.3. The van der Waals surface area contributed by atoms with E-state index in [2.05, 4.69) is 42.6 Å². The van der Waals surface area contributed by atoms with E-state index in [9.17, 15) is 4.79 Å². The van der Waals surface area contributed by atoms with Crippen LogP contribution in [0, 0.1) is 6.92 Å². The summed E-state index contributed by atoms with van der Waals surface area (Å²) in [5.74, 6) is 0.194. The molecule has 0 radical (unpaired) electrons. The first-order valence-corrected chi connectivity index (χ1v) is 9.90. The van der Waals surface area contributed by atoms with Gasteiger partial charge in [0, 0.05) is 29.6 Å². The largest absolute Gasteiger partial charge is 0.377 e. The van der Waals surface area contributed by atoms with Crippen molar-refractivity contribution in [3.63, 3.8) is 0 Å². The molecule has 1 aliphatic heterocycles. The zero-order valence-electron chi connectivity index (χ0n) is 15.6. The molecular formula is C25H20ClNO. The Morgan fingerprint density at radius 3 is 2.21 bits per heavy atom. The lowest BCUT2D eigenvalue weighted by molar-refractivity contribution is -0.118. The number of hydrogen-bond donors (Lipinski definition) is 1. The van der Waals surface area contributed by atoms with Gasteiger partial charge in [0.1, 0.15) is 5.54 Å². The third-order valence-corrected chi connectivity index (χ3v) is 6.23. The van der Waals surface area contributed by atoms with E-state index in [0.717, 1.165) is 45.7 Å². The molecule has 0 amide bonds. The van der Waals surface area contributed by atoms with Crippen LogP contribution in [0.15, 0.2) is 72.9 Å². The summed E-state index contributed by atoms with van der Waals surface area (Å²) >= 11 is 6.02. The van der Waals surface area contributed by atoms with E-state index in [4.69, 9.17) is 11.6 Å². The number of Topliss-reactive ketones (excluding diaryl/α,β-unsaturated/α-hetero) is 1. The molecule has 2 nitrogen and oxygen atoms in total. The molecule has 0 saturated heterocycles. The Hall–Kier alpha value is -2.84. The lowest BCUT2D eigenvalue weighted by atomic mass is 9.85. The molecular weight excluding hydrogens is 366 g/mol. The van der Waals surface area contributed by atoms with Gasteiger partial charge in [0.25, 0.3) is 0 Å². The average Bonchev–Trinajstić information content (AvgIpc) is 3.23. The smallest absolute Gasteiger partial charge is 0.190 e. The standard InChI is InChI=1S/C25H20ClNO/c1-16-6-7-18(17-8-10-21(26)11-9-17)12-22(16)23-15-27-25(24(23)28)13-19-4-2-3-5-20(19)14-25/h2-12,15,27H,13-14H2,1H3. The molecule has 0 fully saturated rings. The summed E-state index contributed by atoms with van der Waals surface area (Å²) in [6, 6.07) is 22.4. The number of halogens is 1. The third-order valence-electron chi connectivity index (χ3n) is 5.98. The normalized spacial score (nSPS) is 16.8. The fraction of sp³-hybridized carbons (Fsp3) is 0.160. The molecule has 0 bridgehead atoms. The Bertz CT molecular complexity index is 1100. The average molecular weight is 386 g/mol. The van der Waals surface area contributed by atoms with Crippen LogP contribution in [0.2, 0.25) is 5.02 Å². The lowest BCUT2D eigenvalue weighted by Gasteiger charge is -2.23. The maximum Gasteiger partial charge on any atom is 0.190 e. The van der Waals surface area contributed by atoms with Gasteiger partial charge in [-0.3, -0.25) is 4.79 Å². The van der Waals surface area contributed by atoms with Crippen molar-refractivity contribution in [3.05, 3.63) is 100 Å². The van der Waals surface area contributed by atoms with Crippen LogP contribution in [0.1, 0.15) is 22.3 Å². The van der Waals surface area contributed by atoms with Gasteiger partial charge >= 0.3 is 0 Å². The molecule has 1 heterocycles. The van der Waals surface area contributed by atoms with E-state index in [0.29, 0.717) is 0 Å². The Morgan fingerprint density at radius 1 is 0.893 bits per heavy atom. The highest BCUT2D eigenvalue weighted by molar-refractivity contribution is 6.30. The maximum atomic E-state index is 13.5. The van der Waals surface area contributed by atoms with Crippen molar-refractivity contribution in [1.82, 2.24) is 5.32 Å². The van der Waals surface area contributed by atoms with Crippen LogP contribution in [0.25, 0.3) is 16.7 Å². The molecule has 0 aromatic heterocycles. The van der Waals surface area contributed by atoms with Crippen LogP contribution in [-0.4, -0.2) is 11.3 Å². The number of ketones is 1. The van der Waals surface area contributed by atoms with Crippen LogP contribution in [0.3, 0.4) is 0 Å². The summed E-state index contributed by atoms with van der Waals surface area (Å²) in [4.78, 5) is 13.5. The molecule has 1 N–H and O–H groups in total. The number of nitrogens with one attached hydrogen (secondary N) is 1. The van der Waals surface area contributed by atoms with Crippen molar-refractivity contribution >= 4 is 23.0 Å². The molecule has 3 heteroatoms. The van der Waals surface area contributed by atoms with E-state index >= 15 is 0 Å². The Kier molecular flexibility index (Phi) is 3.92. The first-order valence-electron chi connectivity index (χ1n) is 9.52. The molecule has 0 atom stereocenters. The number of rotatable bonds is 2. The van der Waals surface area contributed by atoms with E-state index < -0.39 is 5.54 Å². The molecule has 28 heavy (non-hydrogen) atoms. The van der Waals surface area contributed by atoms with Gasteiger partial charge in [0.05, 0.1) is 0 Å². The van der Waals surface area contributed by atoms with Crippen LogP contribution in [-0.2, 0) is 17.6 Å². The predicted octanol–water partition coefficient (Wildman–Crippen LogP) is 5.37. The van der Waals surface area contributed by atoms with Crippen LogP contribution in [0.5, 0.6) is 0 Å². The highest BCUT2D eigenvalue weighted by Gasteiger charge is 2.47. The monoisotopic (exact) mass is 385 g/mol. The molecule has 1 aliphatic carbocycles. The Labute approximate surface area is 169 Å². The van der Waals surface area contributed by atoms with Gasteiger partial charge < -0.3 is 5.32 Å². The fourth-order valence-electron chi connectivity index (χ4n) is 4.41. The maximum absolute atomic E-state index is 13.5. The topological polar surface area (TPSA) is 29.1 Å². The number of fused-ring (bicyclic) bond motifs is 1. The Balaban J connectivity index is 1.50. The highest BCUT2D eigenvalue weighted by atomic mass is 35.5. The molecule has 5 rings (SSSR count). The summed E-state index contributed by atoms with van der Waals surface area (Å²) < 4.78 is 0. The van der Waals surface area contributed by atoms with Gasteiger partial charge in [-0.05, 0) is 58.5 Å². The number of benzene rings is 3. The number of aryl methyl sites for hydroxylation is 1. The summed E-state index contributed by atoms with van der Waals surface area (Å²) in [5.41, 5.74) is 7.07. The molecule has 0 saturated carbocycles. The van der Waals surface area contributed by atoms with Crippen molar-refractivity contribution in [3.8, 4) is 11.1 Å². The van der Waals surface area contributed by atoms with E-state index in [1.807, 2.05) is 42.6 Å². The fourth-order valence-corrected chi connectivity index (χ4v) is 4.54. The predicted molar refractivity (Wildman–Crippen MR) is 114 cm³/mol. The second-order valence-corrected chi connectivity index (χ2v) is 8.21. The van der Waals surface area contributed by atoms with Gasteiger partial charge in [0.2, 0.25) is 0 Å². The van der Waals surface area contributed by atoms with Gasteiger partial charge in [-0.15, -0.1) is 0 Å². The number of carbonyl (C=O) groups excluding carboxylic acids is 1. The molecule has 138 valence electrons. The van der Waals surface area contributed by atoms with Crippen LogP contribution in [0.4, 0.5) is 0 Å². The molecule has 2 aliphatic rings. The summed E-state index contributed by atoms with van der Waals surface area (Å²) in [6.07, 6.45) is 3.41. The zero-order chi connectivity index (χ0) is 19.3. The summed E-state index contributed by atoms with van der Waals surface area (Å²) in [7, 11) is 0. The quantitative estimate of drug-likeness (QED) is 0.642. The molecule has 3 aromatic rings. The summed E-state index contributed by atoms with van der Waals surface area (Å²) in [5, 5.41) is 4.16. The van der Waals surface area contributed by atoms with Crippen molar-refractivity contribution in [2.24, 2.45) is 0 Å². The van der Waals surface area contributed by atoms with Crippen LogP contribution >= 0.6 is 11.6 Å². The lowest BCUT2D eigenvalue weighted by Crippen LogP contribution is -2.46.